The van der Waals surface area contributed by atoms with Gasteiger partial charge in [-0.1, -0.05) is 0 Å². The van der Waals surface area contributed by atoms with E-state index in [1.165, 1.54) is 9.58 Å². The van der Waals surface area contributed by atoms with Gasteiger partial charge in [0.1, 0.15) is 0 Å². The fraction of sp³-hybridized carbons (Fsp3) is 0.529. The summed E-state index contributed by atoms with van der Waals surface area (Å²) in [4.78, 5) is 22.9. The monoisotopic (exact) mass is 330 g/mol. The Morgan fingerprint density at radius 3 is 3.04 bits per heavy atom. The molecule has 1 atom stereocenters. The van der Waals surface area contributed by atoms with E-state index < -0.39 is 0 Å². The van der Waals surface area contributed by atoms with Crippen molar-refractivity contribution in [3.63, 3.8) is 0 Å². The minimum atomic E-state index is 0.0614. The van der Waals surface area contributed by atoms with Crippen molar-refractivity contribution in [3.8, 4) is 0 Å². The molecule has 0 aliphatic carbocycles. The summed E-state index contributed by atoms with van der Waals surface area (Å²) in [6, 6.07) is 6.33. The van der Waals surface area contributed by atoms with Crippen LogP contribution in [-0.2, 0) is 11.3 Å². The Kier molecular flexibility index (Phi) is 4.29. The third kappa shape index (κ3) is 3.11. The van der Waals surface area contributed by atoms with Crippen LogP contribution >= 0.6 is 11.3 Å². The number of hydrogen-bond donors (Lipinski definition) is 1. The van der Waals surface area contributed by atoms with E-state index in [9.17, 15) is 4.79 Å². The van der Waals surface area contributed by atoms with Crippen molar-refractivity contribution in [2.75, 3.05) is 32.7 Å². The number of nitrogens with zero attached hydrogens (tertiary/aromatic N) is 3. The molecule has 2 aliphatic rings. The molecule has 6 heteroatoms. The van der Waals surface area contributed by atoms with Crippen LogP contribution < -0.4 is 5.32 Å². The molecule has 0 radical (unpaired) electrons. The van der Waals surface area contributed by atoms with Gasteiger partial charge >= 0.3 is 0 Å². The molecule has 122 valence electrons. The molecule has 0 aromatic carbocycles. The van der Waals surface area contributed by atoms with Crippen molar-refractivity contribution in [2.45, 2.75) is 25.4 Å². The first-order valence-electron chi connectivity index (χ1n) is 8.38. The van der Waals surface area contributed by atoms with Crippen LogP contribution in [0.3, 0.4) is 0 Å². The molecule has 0 bridgehead atoms. The highest BCUT2D eigenvalue weighted by molar-refractivity contribution is 7.19. The zero-order valence-electron chi connectivity index (χ0n) is 13.2. The Morgan fingerprint density at radius 2 is 2.22 bits per heavy atom. The summed E-state index contributed by atoms with van der Waals surface area (Å²) < 4.78 is 1.23. The van der Waals surface area contributed by atoms with Gasteiger partial charge in [-0.25, -0.2) is 0 Å². The number of nitrogens with one attached hydrogen (secondary N) is 1. The third-order valence-corrected chi connectivity index (χ3v) is 5.85. The van der Waals surface area contributed by atoms with E-state index in [0.29, 0.717) is 5.91 Å². The molecule has 1 N–H and O–H groups in total. The van der Waals surface area contributed by atoms with Crippen LogP contribution in [0.4, 0.5) is 0 Å². The summed E-state index contributed by atoms with van der Waals surface area (Å²) in [5.74, 6) is 0.322. The molecule has 1 amide bonds. The van der Waals surface area contributed by atoms with Crippen molar-refractivity contribution in [1.29, 1.82) is 0 Å². The first-order valence-corrected chi connectivity index (χ1v) is 9.20. The van der Waals surface area contributed by atoms with Crippen LogP contribution in [0.15, 0.2) is 24.4 Å². The molecule has 4 heterocycles. The Labute approximate surface area is 140 Å². The third-order valence-electron chi connectivity index (χ3n) is 4.77. The van der Waals surface area contributed by atoms with Crippen molar-refractivity contribution in [2.24, 2.45) is 0 Å². The zero-order chi connectivity index (χ0) is 15.6. The van der Waals surface area contributed by atoms with Gasteiger partial charge in [-0.05, 0) is 37.6 Å². The number of fused-ring (bicyclic) bond motifs is 1. The minimum absolute atomic E-state index is 0.0614. The van der Waals surface area contributed by atoms with E-state index in [-0.39, 0.29) is 6.04 Å². The highest BCUT2D eigenvalue weighted by atomic mass is 32.1. The van der Waals surface area contributed by atoms with Gasteiger partial charge in [0.2, 0.25) is 5.91 Å². The van der Waals surface area contributed by atoms with Gasteiger partial charge in [-0.15, -0.1) is 11.3 Å². The summed E-state index contributed by atoms with van der Waals surface area (Å²) in [7, 11) is 0. The average Bonchev–Trinajstić information content (AvgIpc) is 3.21. The number of pyridine rings is 1. The Balaban J connectivity index is 1.47. The Morgan fingerprint density at radius 1 is 1.35 bits per heavy atom. The fourth-order valence-electron chi connectivity index (χ4n) is 3.59. The molecule has 2 fully saturated rings. The van der Waals surface area contributed by atoms with Gasteiger partial charge in [0.15, 0.2) is 0 Å². The first-order chi connectivity index (χ1) is 11.3. The number of likely N-dealkylation sites (tertiary alicyclic amines) is 1. The molecule has 2 aliphatic heterocycles. The van der Waals surface area contributed by atoms with E-state index in [4.69, 9.17) is 0 Å². The van der Waals surface area contributed by atoms with Gasteiger partial charge in [0, 0.05) is 43.8 Å². The molecule has 4 rings (SSSR count). The lowest BCUT2D eigenvalue weighted by molar-refractivity contribution is -0.136. The minimum Gasteiger partial charge on any atom is -0.339 e. The van der Waals surface area contributed by atoms with Crippen LogP contribution in [0, 0.1) is 0 Å². The van der Waals surface area contributed by atoms with Crippen molar-refractivity contribution < 1.29 is 4.79 Å². The maximum atomic E-state index is 12.8. The molecular formula is C17H22N4OS. The first kappa shape index (κ1) is 15.1. The summed E-state index contributed by atoms with van der Waals surface area (Å²) >= 11 is 1.79. The fourth-order valence-corrected chi connectivity index (χ4v) is 4.64. The predicted molar refractivity (Wildman–Crippen MR) is 92.5 cm³/mol. The van der Waals surface area contributed by atoms with Gasteiger partial charge in [0.05, 0.1) is 16.3 Å². The van der Waals surface area contributed by atoms with Crippen LogP contribution in [0.5, 0.6) is 0 Å². The quantitative estimate of drug-likeness (QED) is 0.930. The van der Waals surface area contributed by atoms with E-state index >= 15 is 0 Å². The number of amides is 1. The van der Waals surface area contributed by atoms with E-state index in [0.717, 1.165) is 57.6 Å². The number of thiophene rings is 1. The highest BCUT2D eigenvalue weighted by Gasteiger charge is 2.34. The lowest BCUT2D eigenvalue weighted by Crippen LogP contribution is -2.52. The summed E-state index contributed by atoms with van der Waals surface area (Å²) in [6.07, 6.45) is 3.95. The molecule has 5 nitrogen and oxygen atoms in total. The highest BCUT2D eigenvalue weighted by Crippen LogP contribution is 2.28. The summed E-state index contributed by atoms with van der Waals surface area (Å²) in [5, 5.41) is 3.31. The number of piperazine rings is 1. The molecule has 1 unspecified atom stereocenters. The second-order valence-corrected chi connectivity index (χ2v) is 7.47. The summed E-state index contributed by atoms with van der Waals surface area (Å²) in [5.41, 5.74) is 1.07. The van der Waals surface area contributed by atoms with E-state index in [1.807, 2.05) is 17.2 Å². The molecule has 0 spiro atoms. The second-order valence-electron chi connectivity index (χ2n) is 6.30. The van der Waals surface area contributed by atoms with Crippen LogP contribution in [-0.4, -0.2) is 59.5 Å². The smallest absolute Gasteiger partial charge is 0.240 e. The largest absolute Gasteiger partial charge is 0.339 e. The number of carbonyl (C=O) groups is 1. The number of aromatic nitrogens is 1. The van der Waals surface area contributed by atoms with Crippen LogP contribution in [0.25, 0.3) is 10.2 Å². The average molecular weight is 330 g/mol. The SMILES string of the molecule is O=C(C1CCCN1Cc1cc2ncccc2s1)N1CCNCC1. The second kappa shape index (κ2) is 6.55. The number of carbonyl (C=O) groups excluding carboxylic acids is 1. The lowest BCUT2D eigenvalue weighted by atomic mass is 10.1. The van der Waals surface area contributed by atoms with Crippen LogP contribution in [0.2, 0.25) is 0 Å². The lowest BCUT2D eigenvalue weighted by Gasteiger charge is -2.32. The molecule has 23 heavy (non-hydrogen) atoms. The van der Waals surface area contributed by atoms with Gasteiger partial charge < -0.3 is 10.2 Å². The molecule has 0 saturated carbocycles. The standard InChI is InChI=1S/C17H22N4OS/c22-17(20-9-6-18-7-10-20)15-3-2-8-21(15)12-13-11-14-16(23-13)4-1-5-19-14/h1,4-5,11,15,18H,2-3,6-10,12H2. The van der Waals surface area contributed by atoms with Gasteiger partial charge in [-0.2, -0.15) is 0 Å². The Bertz CT molecular complexity index is 662. The van der Waals surface area contributed by atoms with Crippen LogP contribution in [0.1, 0.15) is 17.7 Å². The van der Waals surface area contributed by atoms with Crippen molar-refractivity contribution in [1.82, 2.24) is 20.1 Å². The summed E-state index contributed by atoms with van der Waals surface area (Å²) in [6.45, 7) is 5.40. The topological polar surface area (TPSA) is 48.5 Å². The number of hydrogen-bond acceptors (Lipinski definition) is 5. The Hall–Kier alpha value is -1.50. The van der Waals surface area contributed by atoms with E-state index in [1.54, 1.807) is 11.3 Å². The predicted octanol–water partition coefficient (Wildman–Crippen LogP) is 1.69. The molecule has 2 aromatic heterocycles. The molecular weight excluding hydrogens is 308 g/mol. The number of rotatable bonds is 3. The normalized spacial score (nSPS) is 22.8. The van der Waals surface area contributed by atoms with Gasteiger partial charge in [-0.3, -0.25) is 14.7 Å². The maximum absolute atomic E-state index is 12.8. The molecule has 2 aromatic rings. The van der Waals surface area contributed by atoms with E-state index in [2.05, 4.69) is 27.3 Å². The van der Waals surface area contributed by atoms with Crippen molar-refractivity contribution >= 4 is 27.5 Å². The zero-order valence-corrected chi connectivity index (χ0v) is 14.0. The van der Waals surface area contributed by atoms with Crippen molar-refractivity contribution in [3.05, 3.63) is 29.3 Å². The molecule has 2 saturated heterocycles. The van der Waals surface area contributed by atoms with Gasteiger partial charge in [0.25, 0.3) is 0 Å². The maximum Gasteiger partial charge on any atom is 0.240 e.